The predicted molar refractivity (Wildman–Crippen MR) is 37.0 cm³/mol. The third kappa shape index (κ3) is 1.38. The zero-order valence-electron chi connectivity index (χ0n) is 4.77. The minimum Gasteiger partial charge on any atom is -0.301 e. The largest absolute Gasteiger partial charge is 0.301 e. The summed E-state index contributed by atoms with van der Waals surface area (Å²) < 4.78 is 0. The first-order valence-electron chi connectivity index (χ1n) is 2.53. The molecule has 4 heteroatoms. The topological polar surface area (TPSA) is 36.4 Å². The van der Waals surface area contributed by atoms with Gasteiger partial charge in [0.05, 0.1) is 6.54 Å². The van der Waals surface area contributed by atoms with E-state index in [0.29, 0.717) is 0 Å². The van der Waals surface area contributed by atoms with E-state index in [4.69, 9.17) is 0 Å². The SMILES string of the molecule is CNNC1=NCCS1. The highest BCUT2D eigenvalue weighted by atomic mass is 32.2. The van der Waals surface area contributed by atoms with Gasteiger partial charge in [0.2, 0.25) is 0 Å². The molecule has 1 aliphatic rings. The second kappa shape index (κ2) is 2.94. The van der Waals surface area contributed by atoms with Crippen molar-refractivity contribution in [3.8, 4) is 0 Å². The molecule has 1 rings (SSSR count). The minimum atomic E-state index is 0.953. The van der Waals surface area contributed by atoms with Crippen molar-refractivity contribution < 1.29 is 0 Å². The highest BCUT2D eigenvalue weighted by Gasteiger charge is 2.03. The first kappa shape index (κ1) is 5.91. The summed E-state index contributed by atoms with van der Waals surface area (Å²) in [5, 5.41) is 1.01. The number of nitrogens with one attached hydrogen (secondary N) is 2. The molecule has 0 aromatic heterocycles. The summed E-state index contributed by atoms with van der Waals surface area (Å²) in [7, 11) is 1.83. The average molecular weight is 131 g/mol. The zero-order chi connectivity index (χ0) is 5.82. The van der Waals surface area contributed by atoms with Gasteiger partial charge in [0, 0.05) is 12.8 Å². The number of amidine groups is 1. The van der Waals surface area contributed by atoms with Gasteiger partial charge in [-0.05, 0) is 0 Å². The van der Waals surface area contributed by atoms with Crippen molar-refractivity contribution >= 4 is 16.9 Å². The van der Waals surface area contributed by atoms with Crippen molar-refractivity contribution in [1.29, 1.82) is 0 Å². The van der Waals surface area contributed by atoms with Crippen molar-refractivity contribution in [3.05, 3.63) is 0 Å². The molecule has 1 heterocycles. The molecule has 0 spiro atoms. The second-order valence-corrected chi connectivity index (χ2v) is 2.49. The number of hydrazine groups is 1. The summed E-state index contributed by atoms with van der Waals surface area (Å²) >= 11 is 1.74. The first-order chi connectivity index (χ1) is 3.93. The molecule has 0 aromatic carbocycles. The van der Waals surface area contributed by atoms with E-state index < -0.39 is 0 Å². The molecule has 0 saturated heterocycles. The Labute approximate surface area is 52.9 Å². The van der Waals surface area contributed by atoms with E-state index in [1.165, 1.54) is 0 Å². The van der Waals surface area contributed by atoms with E-state index >= 15 is 0 Å². The number of hydrogen-bond donors (Lipinski definition) is 2. The first-order valence-corrected chi connectivity index (χ1v) is 3.52. The van der Waals surface area contributed by atoms with Crippen LogP contribution in [0, 0.1) is 0 Å². The van der Waals surface area contributed by atoms with Crippen molar-refractivity contribution in [3.63, 3.8) is 0 Å². The lowest BCUT2D eigenvalue weighted by Crippen LogP contribution is -2.31. The second-order valence-electron chi connectivity index (χ2n) is 1.41. The van der Waals surface area contributed by atoms with Crippen LogP contribution in [0.25, 0.3) is 0 Å². The van der Waals surface area contributed by atoms with Crippen LogP contribution in [0.3, 0.4) is 0 Å². The molecule has 2 N–H and O–H groups in total. The molecule has 0 saturated carbocycles. The van der Waals surface area contributed by atoms with Gasteiger partial charge in [-0.3, -0.25) is 4.99 Å². The van der Waals surface area contributed by atoms with Crippen LogP contribution in [0.4, 0.5) is 0 Å². The highest BCUT2D eigenvalue weighted by molar-refractivity contribution is 8.14. The van der Waals surface area contributed by atoms with Crippen LogP contribution in [-0.2, 0) is 0 Å². The lowest BCUT2D eigenvalue weighted by atomic mass is 10.8. The molecule has 0 unspecified atom stereocenters. The monoisotopic (exact) mass is 131 g/mol. The zero-order valence-corrected chi connectivity index (χ0v) is 5.59. The fourth-order valence-corrected chi connectivity index (χ4v) is 1.25. The van der Waals surface area contributed by atoms with E-state index in [2.05, 4.69) is 15.8 Å². The molecule has 0 atom stereocenters. The maximum absolute atomic E-state index is 4.13. The molecule has 3 nitrogen and oxygen atoms in total. The van der Waals surface area contributed by atoms with Crippen LogP contribution in [0.1, 0.15) is 0 Å². The van der Waals surface area contributed by atoms with E-state index in [1.54, 1.807) is 11.8 Å². The van der Waals surface area contributed by atoms with Crippen molar-refractivity contribution in [2.24, 2.45) is 4.99 Å². The Balaban J connectivity index is 2.23. The molecular weight excluding hydrogens is 122 g/mol. The molecular formula is C4H9N3S. The number of nitrogens with zero attached hydrogens (tertiary/aromatic N) is 1. The molecule has 8 heavy (non-hydrogen) atoms. The molecule has 0 fully saturated rings. The smallest absolute Gasteiger partial charge is 0.171 e. The van der Waals surface area contributed by atoms with Gasteiger partial charge in [-0.15, -0.1) is 0 Å². The Morgan fingerprint density at radius 3 is 3.12 bits per heavy atom. The fraction of sp³-hybridized carbons (Fsp3) is 0.750. The van der Waals surface area contributed by atoms with Crippen LogP contribution in [0.15, 0.2) is 4.99 Å². The third-order valence-electron chi connectivity index (χ3n) is 0.817. The van der Waals surface area contributed by atoms with Crippen LogP contribution in [0.5, 0.6) is 0 Å². The van der Waals surface area contributed by atoms with E-state index in [0.717, 1.165) is 17.5 Å². The van der Waals surface area contributed by atoms with Crippen molar-refractivity contribution in [2.75, 3.05) is 19.3 Å². The van der Waals surface area contributed by atoms with Crippen molar-refractivity contribution in [2.45, 2.75) is 0 Å². The number of rotatable bonds is 1. The summed E-state index contributed by atoms with van der Waals surface area (Å²) in [4.78, 5) is 4.13. The van der Waals surface area contributed by atoms with Gasteiger partial charge in [-0.25, -0.2) is 5.43 Å². The Kier molecular flexibility index (Phi) is 2.17. The van der Waals surface area contributed by atoms with Crippen molar-refractivity contribution in [1.82, 2.24) is 10.9 Å². The Hall–Kier alpha value is -0.220. The third-order valence-corrected chi connectivity index (χ3v) is 1.71. The summed E-state index contributed by atoms with van der Waals surface area (Å²) in [5.74, 6) is 1.12. The molecule has 46 valence electrons. The van der Waals surface area contributed by atoms with Gasteiger partial charge in [0.1, 0.15) is 0 Å². The predicted octanol–water partition coefficient (Wildman–Crippen LogP) is -0.187. The lowest BCUT2D eigenvalue weighted by Gasteiger charge is -1.98. The number of aliphatic imine (C=N–C) groups is 1. The summed E-state index contributed by atoms with van der Waals surface area (Å²) in [6, 6.07) is 0. The van der Waals surface area contributed by atoms with Gasteiger partial charge in [-0.2, -0.15) is 0 Å². The molecule has 0 aliphatic carbocycles. The maximum Gasteiger partial charge on any atom is 0.171 e. The van der Waals surface area contributed by atoms with Gasteiger partial charge < -0.3 is 5.43 Å². The van der Waals surface area contributed by atoms with Gasteiger partial charge in [0.25, 0.3) is 0 Å². The highest BCUT2D eigenvalue weighted by Crippen LogP contribution is 2.07. The van der Waals surface area contributed by atoms with Crippen LogP contribution < -0.4 is 10.9 Å². The minimum absolute atomic E-state index is 0.953. The fourth-order valence-electron chi connectivity index (χ4n) is 0.518. The summed E-state index contributed by atoms with van der Waals surface area (Å²) in [6.07, 6.45) is 0. The Morgan fingerprint density at radius 1 is 1.75 bits per heavy atom. The van der Waals surface area contributed by atoms with Crippen LogP contribution in [-0.4, -0.2) is 24.5 Å². The molecule has 0 radical (unpaired) electrons. The van der Waals surface area contributed by atoms with Crippen LogP contribution >= 0.6 is 11.8 Å². The lowest BCUT2D eigenvalue weighted by molar-refractivity contribution is 0.776. The number of thioether (sulfide) groups is 1. The maximum atomic E-state index is 4.13. The van der Waals surface area contributed by atoms with Gasteiger partial charge >= 0.3 is 0 Å². The molecule has 0 aromatic rings. The quantitative estimate of drug-likeness (QED) is 0.484. The van der Waals surface area contributed by atoms with Gasteiger partial charge in [-0.1, -0.05) is 11.8 Å². The van der Waals surface area contributed by atoms with E-state index in [-0.39, 0.29) is 0 Å². The summed E-state index contributed by atoms with van der Waals surface area (Å²) in [6.45, 7) is 0.953. The molecule has 1 aliphatic heterocycles. The molecule has 0 amide bonds. The van der Waals surface area contributed by atoms with E-state index in [1.807, 2.05) is 7.05 Å². The summed E-state index contributed by atoms with van der Waals surface area (Å²) in [5.41, 5.74) is 5.72. The normalized spacial score (nSPS) is 18.4. The Morgan fingerprint density at radius 2 is 2.62 bits per heavy atom. The average Bonchev–Trinajstić information content (AvgIpc) is 2.19. The van der Waals surface area contributed by atoms with E-state index in [9.17, 15) is 0 Å². The Bertz CT molecular complexity index is 101. The molecule has 0 bridgehead atoms. The van der Waals surface area contributed by atoms with Gasteiger partial charge in [0.15, 0.2) is 5.17 Å². The van der Waals surface area contributed by atoms with Crippen LogP contribution in [0.2, 0.25) is 0 Å². The number of hydrogen-bond acceptors (Lipinski definition) is 4. The standard InChI is InChI=1S/C4H9N3S/c1-5-7-4-6-2-3-8-4/h5H,2-3H2,1H3,(H,6,7).